The molecular weight excluding hydrogens is 574 g/mol. The topological polar surface area (TPSA) is 233 Å². The number of aliphatic hydroxyl groups is 1. The van der Waals surface area contributed by atoms with Crippen LogP contribution in [0.15, 0.2) is 24.3 Å². The average molecular weight is 624 g/mol. The predicted molar refractivity (Wildman–Crippen MR) is 165 cm³/mol. The van der Waals surface area contributed by atoms with Gasteiger partial charge < -0.3 is 52.8 Å². The van der Waals surface area contributed by atoms with Crippen LogP contribution in [0.2, 0.25) is 0 Å². The second-order valence-corrected chi connectivity index (χ2v) is 10.9. The first-order chi connectivity index (χ1) is 20.7. The highest BCUT2D eigenvalue weighted by Crippen LogP contribution is 2.13. The fourth-order valence-corrected chi connectivity index (χ4v) is 3.74. The number of rotatable bonds is 20. The quantitative estimate of drug-likeness (QED) is 0.0591. The van der Waals surface area contributed by atoms with Gasteiger partial charge in [0.05, 0.1) is 19.7 Å². The Bertz CT molecular complexity index is 1070. The van der Waals surface area contributed by atoms with Gasteiger partial charge in [-0.1, -0.05) is 26.0 Å². The van der Waals surface area contributed by atoms with Gasteiger partial charge in [-0.2, -0.15) is 0 Å². The fourth-order valence-electron chi connectivity index (χ4n) is 3.74. The SMILES string of the molecule is CC(C)[C@H](NC(=O)CNC(=O)CN)C(=O)NC(CCCNC(N)=O)C(=O)Nc1ccc(COC(O)N(C)CCN(C)C)cc1. The molecule has 44 heavy (non-hydrogen) atoms. The van der Waals surface area contributed by atoms with Crippen LogP contribution >= 0.6 is 0 Å². The van der Waals surface area contributed by atoms with E-state index in [0.29, 0.717) is 18.7 Å². The van der Waals surface area contributed by atoms with Crippen molar-refractivity contribution >= 4 is 35.3 Å². The molecule has 0 aliphatic rings. The molecule has 0 heterocycles. The van der Waals surface area contributed by atoms with Crippen LogP contribution < -0.4 is 38.1 Å². The number of carbonyl (C=O) groups is 5. The van der Waals surface area contributed by atoms with E-state index in [1.807, 2.05) is 19.0 Å². The van der Waals surface area contributed by atoms with Crippen LogP contribution in [0.3, 0.4) is 0 Å². The third-order valence-corrected chi connectivity index (χ3v) is 6.40. The summed E-state index contributed by atoms with van der Waals surface area (Å²) in [5, 5.41) is 23.0. The lowest BCUT2D eigenvalue weighted by molar-refractivity contribution is -0.192. The molecule has 2 unspecified atom stereocenters. The van der Waals surface area contributed by atoms with E-state index in [1.165, 1.54) is 0 Å². The third-order valence-electron chi connectivity index (χ3n) is 6.40. The summed E-state index contributed by atoms with van der Waals surface area (Å²) in [4.78, 5) is 64.8. The molecule has 0 fully saturated rings. The number of carbonyl (C=O) groups excluding carboxylic acids is 5. The van der Waals surface area contributed by atoms with Crippen molar-refractivity contribution in [2.75, 3.05) is 59.2 Å². The summed E-state index contributed by atoms with van der Waals surface area (Å²) in [5.74, 6) is -2.56. The number of hydrogen-bond donors (Lipinski definition) is 8. The maximum atomic E-state index is 13.2. The van der Waals surface area contributed by atoms with E-state index in [4.69, 9.17) is 16.2 Å². The van der Waals surface area contributed by atoms with Crippen molar-refractivity contribution in [3.05, 3.63) is 29.8 Å². The summed E-state index contributed by atoms with van der Waals surface area (Å²) < 4.78 is 5.53. The Kier molecular flexibility index (Phi) is 17.5. The van der Waals surface area contributed by atoms with Crippen LogP contribution in [-0.2, 0) is 30.5 Å². The summed E-state index contributed by atoms with van der Waals surface area (Å²) in [6, 6.07) is 4.09. The minimum atomic E-state index is -1.08. The number of nitrogens with zero attached hydrogens (tertiary/aromatic N) is 2. The smallest absolute Gasteiger partial charge is 0.312 e. The van der Waals surface area contributed by atoms with Crippen molar-refractivity contribution in [3.63, 3.8) is 0 Å². The number of likely N-dealkylation sites (N-methyl/N-ethyl adjacent to an activating group) is 2. The Morgan fingerprint density at radius 1 is 0.932 bits per heavy atom. The van der Waals surface area contributed by atoms with Crippen LogP contribution in [0.25, 0.3) is 0 Å². The molecule has 0 radical (unpaired) electrons. The van der Waals surface area contributed by atoms with Gasteiger partial charge in [-0.05, 0) is 57.6 Å². The minimum Gasteiger partial charge on any atom is -0.356 e. The van der Waals surface area contributed by atoms with Gasteiger partial charge in [-0.25, -0.2) is 4.79 Å². The molecule has 0 aromatic heterocycles. The molecule has 16 heteroatoms. The molecule has 16 nitrogen and oxygen atoms in total. The lowest BCUT2D eigenvalue weighted by Gasteiger charge is -2.25. The lowest BCUT2D eigenvalue weighted by atomic mass is 10.0. The lowest BCUT2D eigenvalue weighted by Crippen LogP contribution is -2.55. The summed E-state index contributed by atoms with van der Waals surface area (Å²) in [6.07, 6.45) is -0.590. The number of nitrogens with one attached hydrogen (secondary N) is 5. The van der Waals surface area contributed by atoms with Gasteiger partial charge in [0.2, 0.25) is 30.0 Å². The van der Waals surface area contributed by atoms with Crippen molar-refractivity contribution in [2.24, 2.45) is 17.4 Å². The summed E-state index contributed by atoms with van der Waals surface area (Å²) >= 11 is 0. The molecule has 1 rings (SSSR count). The maximum Gasteiger partial charge on any atom is 0.312 e. The van der Waals surface area contributed by atoms with Crippen LogP contribution in [0.1, 0.15) is 32.3 Å². The first-order valence-corrected chi connectivity index (χ1v) is 14.4. The summed E-state index contributed by atoms with van der Waals surface area (Å²) in [6.45, 7) is 4.51. The summed E-state index contributed by atoms with van der Waals surface area (Å²) in [7, 11) is 5.64. The van der Waals surface area contributed by atoms with Gasteiger partial charge in [0.15, 0.2) is 0 Å². The molecule has 0 bridgehead atoms. The predicted octanol–water partition coefficient (Wildman–Crippen LogP) is -1.94. The van der Waals surface area contributed by atoms with Gasteiger partial charge in [-0.3, -0.25) is 24.1 Å². The van der Waals surface area contributed by atoms with Crippen molar-refractivity contribution in [1.82, 2.24) is 31.1 Å². The third kappa shape index (κ3) is 15.6. The molecule has 0 aliphatic carbocycles. The number of urea groups is 1. The molecule has 6 amide bonds. The molecule has 3 atom stereocenters. The van der Waals surface area contributed by atoms with Crippen molar-refractivity contribution < 1.29 is 33.8 Å². The highest BCUT2D eigenvalue weighted by Gasteiger charge is 2.29. The minimum absolute atomic E-state index is 0.144. The van der Waals surface area contributed by atoms with Crippen molar-refractivity contribution in [2.45, 2.75) is 51.8 Å². The number of ether oxygens (including phenoxy) is 1. The fraction of sp³-hybridized carbons (Fsp3) is 0.607. The second kappa shape index (κ2) is 20.2. The molecule has 0 saturated heterocycles. The van der Waals surface area contributed by atoms with E-state index in [0.717, 1.165) is 12.1 Å². The zero-order chi connectivity index (χ0) is 33.2. The summed E-state index contributed by atoms with van der Waals surface area (Å²) in [5.41, 5.74) is 11.6. The first kappa shape index (κ1) is 38.2. The van der Waals surface area contributed by atoms with E-state index >= 15 is 0 Å². The monoisotopic (exact) mass is 623 g/mol. The molecule has 10 N–H and O–H groups in total. The van der Waals surface area contributed by atoms with Crippen molar-refractivity contribution in [3.8, 4) is 0 Å². The molecule has 0 aliphatic heterocycles. The standard InChI is InChI=1S/C28H49N9O7/c1-18(2)24(35-23(39)16-32-22(38)15-29)26(41)34-21(7-6-12-31-27(30)42)25(40)33-20-10-8-19(9-11-20)17-44-28(43)37(5)14-13-36(3)4/h8-11,18,21,24,28,43H,6-7,12-17,29H2,1-5H3,(H,32,38)(H,33,40)(H,34,41)(H,35,39)(H3,30,31,42)/t21?,24-,28?/m0/s1. The van der Waals surface area contributed by atoms with Crippen LogP contribution in [-0.4, -0.2) is 117 Å². The molecular formula is C28H49N9O7. The Balaban J connectivity index is 2.86. The molecule has 0 saturated carbocycles. The van der Waals surface area contributed by atoms with Gasteiger partial charge in [0, 0.05) is 25.3 Å². The van der Waals surface area contributed by atoms with E-state index in [2.05, 4.69) is 26.6 Å². The van der Waals surface area contributed by atoms with Gasteiger partial charge in [0.25, 0.3) is 0 Å². The molecule has 0 spiro atoms. The number of benzene rings is 1. The van der Waals surface area contributed by atoms with E-state index in [9.17, 15) is 29.1 Å². The Hall–Kier alpha value is -3.83. The van der Waals surface area contributed by atoms with Gasteiger partial charge in [-0.15, -0.1) is 0 Å². The van der Waals surface area contributed by atoms with Gasteiger partial charge in [0.1, 0.15) is 12.1 Å². The van der Waals surface area contributed by atoms with Crippen LogP contribution in [0, 0.1) is 5.92 Å². The number of amides is 6. The number of primary amides is 1. The largest absolute Gasteiger partial charge is 0.356 e. The normalized spacial score (nSPS) is 13.2. The Labute approximate surface area is 258 Å². The number of nitrogens with two attached hydrogens (primary N) is 2. The molecule has 1 aromatic carbocycles. The maximum absolute atomic E-state index is 13.2. The zero-order valence-corrected chi connectivity index (χ0v) is 26.2. The van der Waals surface area contributed by atoms with E-state index in [1.54, 1.807) is 50.1 Å². The van der Waals surface area contributed by atoms with E-state index < -0.39 is 48.2 Å². The van der Waals surface area contributed by atoms with Crippen molar-refractivity contribution in [1.29, 1.82) is 0 Å². The van der Waals surface area contributed by atoms with Gasteiger partial charge >= 0.3 is 6.03 Å². The highest BCUT2D eigenvalue weighted by molar-refractivity contribution is 5.98. The molecule has 1 aromatic rings. The molecule has 248 valence electrons. The van der Waals surface area contributed by atoms with E-state index in [-0.39, 0.29) is 38.6 Å². The number of anilines is 1. The number of hydrogen-bond acceptors (Lipinski definition) is 10. The van der Waals surface area contributed by atoms with Crippen LogP contribution in [0.5, 0.6) is 0 Å². The Morgan fingerprint density at radius 2 is 1.59 bits per heavy atom. The highest BCUT2D eigenvalue weighted by atomic mass is 16.6. The van der Waals surface area contributed by atoms with Crippen LogP contribution in [0.4, 0.5) is 10.5 Å². The Morgan fingerprint density at radius 3 is 2.16 bits per heavy atom. The first-order valence-electron chi connectivity index (χ1n) is 14.4. The zero-order valence-electron chi connectivity index (χ0n) is 26.2. The average Bonchev–Trinajstić information content (AvgIpc) is 2.97. The second-order valence-electron chi connectivity index (χ2n) is 10.9. The number of aliphatic hydroxyl groups excluding tert-OH is 1.